The molecule has 0 spiro atoms. The van der Waals surface area contributed by atoms with Crippen LogP contribution < -0.4 is 5.32 Å². The van der Waals surface area contributed by atoms with Crippen molar-refractivity contribution >= 4 is 11.9 Å². The molecule has 1 aromatic heterocycles. The highest BCUT2D eigenvalue weighted by Crippen LogP contribution is 2.35. The molecule has 0 bridgehead atoms. The minimum absolute atomic E-state index is 0.0166. The Balaban J connectivity index is 2.11. The van der Waals surface area contributed by atoms with Crippen molar-refractivity contribution in [2.45, 2.75) is 44.6 Å². The van der Waals surface area contributed by atoms with Crippen molar-refractivity contribution in [3.63, 3.8) is 0 Å². The number of carboxylic acid groups (broad SMARTS) is 1. The molecule has 104 valence electrons. The van der Waals surface area contributed by atoms with E-state index < -0.39 is 11.5 Å². The second kappa shape index (κ2) is 5.03. The number of nitrogens with zero attached hydrogens (tertiary/aromatic N) is 2. The zero-order valence-electron chi connectivity index (χ0n) is 11.3. The number of aromatic nitrogens is 2. The third kappa shape index (κ3) is 2.77. The molecule has 1 aromatic rings. The first-order valence-corrected chi connectivity index (χ1v) is 6.53. The van der Waals surface area contributed by atoms with Crippen LogP contribution in [0.4, 0.5) is 0 Å². The molecule has 0 aliphatic heterocycles. The van der Waals surface area contributed by atoms with Gasteiger partial charge in [-0.15, -0.1) is 0 Å². The van der Waals surface area contributed by atoms with Gasteiger partial charge in [-0.3, -0.25) is 14.3 Å². The van der Waals surface area contributed by atoms with E-state index in [0.29, 0.717) is 5.69 Å². The number of carbonyl (C=O) groups excluding carboxylic acids is 1. The molecular formula is C13H19N3O3. The van der Waals surface area contributed by atoms with Crippen molar-refractivity contribution in [1.29, 1.82) is 0 Å². The van der Waals surface area contributed by atoms with Crippen LogP contribution in [0.5, 0.6) is 0 Å². The molecule has 0 atom stereocenters. The van der Waals surface area contributed by atoms with Crippen LogP contribution in [0.2, 0.25) is 0 Å². The van der Waals surface area contributed by atoms with Crippen LogP contribution in [0.3, 0.4) is 0 Å². The maximum Gasteiger partial charge on any atom is 0.305 e. The lowest BCUT2D eigenvalue weighted by Crippen LogP contribution is -2.54. The van der Waals surface area contributed by atoms with Gasteiger partial charge in [0.15, 0.2) is 0 Å². The third-order valence-corrected chi connectivity index (χ3v) is 3.70. The molecule has 2 rings (SSSR count). The van der Waals surface area contributed by atoms with E-state index in [1.807, 2.05) is 6.92 Å². The van der Waals surface area contributed by atoms with Crippen LogP contribution in [0.25, 0.3) is 0 Å². The largest absolute Gasteiger partial charge is 0.481 e. The van der Waals surface area contributed by atoms with E-state index in [1.165, 1.54) is 0 Å². The lowest BCUT2D eigenvalue weighted by molar-refractivity contribution is -0.139. The molecule has 6 nitrogen and oxygen atoms in total. The SMILES string of the molecule is CCc1cc(C(=O)NC2(CC(=O)O)CCC2)n(C)n1. The first kappa shape index (κ1) is 13.6. The number of hydrogen-bond donors (Lipinski definition) is 2. The number of aliphatic carboxylic acids is 1. The number of rotatable bonds is 5. The normalized spacial score (nSPS) is 16.7. The Morgan fingerprint density at radius 2 is 2.21 bits per heavy atom. The van der Waals surface area contributed by atoms with Gasteiger partial charge in [0, 0.05) is 7.05 Å². The summed E-state index contributed by atoms with van der Waals surface area (Å²) in [6, 6.07) is 1.75. The Hall–Kier alpha value is -1.85. The molecule has 6 heteroatoms. The minimum Gasteiger partial charge on any atom is -0.481 e. The first-order valence-electron chi connectivity index (χ1n) is 6.53. The molecule has 1 aliphatic carbocycles. The van der Waals surface area contributed by atoms with Gasteiger partial charge in [0.05, 0.1) is 17.7 Å². The van der Waals surface area contributed by atoms with Gasteiger partial charge >= 0.3 is 5.97 Å². The van der Waals surface area contributed by atoms with Crippen molar-refractivity contribution < 1.29 is 14.7 Å². The fourth-order valence-corrected chi connectivity index (χ4v) is 2.46. The average Bonchev–Trinajstić information content (AvgIpc) is 2.67. The lowest BCUT2D eigenvalue weighted by atomic mass is 9.74. The molecule has 1 amide bonds. The quantitative estimate of drug-likeness (QED) is 0.835. The summed E-state index contributed by atoms with van der Waals surface area (Å²) in [5.41, 5.74) is 0.765. The Labute approximate surface area is 111 Å². The monoisotopic (exact) mass is 265 g/mol. The molecule has 1 saturated carbocycles. The zero-order valence-corrected chi connectivity index (χ0v) is 11.3. The van der Waals surface area contributed by atoms with Crippen molar-refractivity contribution in [1.82, 2.24) is 15.1 Å². The fraction of sp³-hybridized carbons (Fsp3) is 0.615. The predicted octanol–water partition coefficient (Wildman–Crippen LogP) is 1.11. The van der Waals surface area contributed by atoms with Crippen LogP contribution in [-0.2, 0) is 18.3 Å². The van der Waals surface area contributed by atoms with Gasteiger partial charge < -0.3 is 10.4 Å². The van der Waals surface area contributed by atoms with Gasteiger partial charge in [-0.1, -0.05) is 6.92 Å². The van der Waals surface area contributed by atoms with Crippen molar-refractivity contribution in [2.75, 3.05) is 0 Å². The standard InChI is InChI=1S/C13H19N3O3/c1-3-9-7-10(16(2)15-9)12(19)14-13(5-4-6-13)8-11(17)18/h7H,3-6,8H2,1-2H3,(H,14,19)(H,17,18). The summed E-state index contributed by atoms with van der Waals surface area (Å²) in [7, 11) is 1.72. The summed E-state index contributed by atoms with van der Waals surface area (Å²) in [4.78, 5) is 23.1. The van der Waals surface area contributed by atoms with E-state index in [9.17, 15) is 9.59 Å². The molecule has 0 aromatic carbocycles. The number of hydrogen-bond acceptors (Lipinski definition) is 3. The van der Waals surface area contributed by atoms with Crippen LogP contribution in [0, 0.1) is 0 Å². The lowest BCUT2D eigenvalue weighted by Gasteiger charge is -2.41. The number of carbonyl (C=O) groups is 2. The highest BCUT2D eigenvalue weighted by Gasteiger charge is 2.40. The van der Waals surface area contributed by atoms with Crippen LogP contribution in [0.1, 0.15) is 48.8 Å². The molecule has 2 N–H and O–H groups in total. The Bertz CT molecular complexity index is 503. The Morgan fingerprint density at radius 3 is 2.63 bits per heavy atom. The average molecular weight is 265 g/mol. The predicted molar refractivity (Wildman–Crippen MR) is 68.9 cm³/mol. The van der Waals surface area contributed by atoms with E-state index in [-0.39, 0.29) is 12.3 Å². The highest BCUT2D eigenvalue weighted by molar-refractivity contribution is 5.93. The van der Waals surface area contributed by atoms with E-state index in [2.05, 4.69) is 10.4 Å². The van der Waals surface area contributed by atoms with E-state index in [4.69, 9.17) is 5.11 Å². The van der Waals surface area contributed by atoms with Crippen molar-refractivity contribution in [2.24, 2.45) is 7.05 Å². The van der Waals surface area contributed by atoms with Crippen LogP contribution in [0.15, 0.2) is 6.07 Å². The highest BCUT2D eigenvalue weighted by atomic mass is 16.4. The minimum atomic E-state index is -0.876. The van der Waals surface area contributed by atoms with Crippen LogP contribution >= 0.6 is 0 Å². The molecular weight excluding hydrogens is 246 g/mol. The van der Waals surface area contributed by atoms with E-state index in [1.54, 1.807) is 17.8 Å². The Morgan fingerprint density at radius 1 is 1.53 bits per heavy atom. The zero-order chi connectivity index (χ0) is 14.0. The second-order valence-electron chi connectivity index (χ2n) is 5.16. The summed E-state index contributed by atoms with van der Waals surface area (Å²) in [6.07, 6.45) is 3.16. The third-order valence-electron chi connectivity index (χ3n) is 3.70. The van der Waals surface area contributed by atoms with Gasteiger partial charge in [0.25, 0.3) is 5.91 Å². The molecule has 0 saturated heterocycles. The molecule has 0 radical (unpaired) electrons. The fourth-order valence-electron chi connectivity index (χ4n) is 2.46. The van der Waals surface area contributed by atoms with Gasteiger partial charge in [0.1, 0.15) is 5.69 Å². The van der Waals surface area contributed by atoms with Crippen LogP contribution in [-0.4, -0.2) is 32.3 Å². The second-order valence-corrected chi connectivity index (χ2v) is 5.16. The number of amides is 1. The van der Waals surface area contributed by atoms with Gasteiger partial charge in [-0.2, -0.15) is 5.10 Å². The number of aryl methyl sites for hydroxylation is 2. The molecule has 0 unspecified atom stereocenters. The first-order chi connectivity index (χ1) is 8.96. The van der Waals surface area contributed by atoms with Gasteiger partial charge in [-0.05, 0) is 31.7 Å². The van der Waals surface area contributed by atoms with Gasteiger partial charge in [0.2, 0.25) is 0 Å². The Kier molecular flexibility index (Phi) is 3.59. The summed E-state index contributed by atoms with van der Waals surface area (Å²) < 4.78 is 1.54. The smallest absolute Gasteiger partial charge is 0.305 e. The molecule has 1 heterocycles. The summed E-state index contributed by atoms with van der Waals surface area (Å²) in [5, 5.41) is 16.0. The van der Waals surface area contributed by atoms with Crippen molar-refractivity contribution in [3.8, 4) is 0 Å². The van der Waals surface area contributed by atoms with E-state index >= 15 is 0 Å². The maximum absolute atomic E-state index is 12.2. The maximum atomic E-state index is 12.2. The van der Waals surface area contributed by atoms with Crippen molar-refractivity contribution in [3.05, 3.63) is 17.5 Å². The number of nitrogens with one attached hydrogen (secondary N) is 1. The molecule has 1 fully saturated rings. The molecule has 1 aliphatic rings. The summed E-state index contributed by atoms with van der Waals surface area (Å²) in [6.45, 7) is 1.97. The number of carboxylic acids is 1. The van der Waals surface area contributed by atoms with E-state index in [0.717, 1.165) is 31.4 Å². The topological polar surface area (TPSA) is 84.2 Å². The van der Waals surface area contributed by atoms with Gasteiger partial charge in [-0.25, -0.2) is 0 Å². The molecule has 19 heavy (non-hydrogen) atoms. The summed E-state index contributed by atoms with van der Waals surface area (Å²) in [5.74, 6) is -1.12. The summed E-state index contributed by atoms with van der Waals surface area (Å²) >= 11 is 0.